The van der Waals surface area contributed by atoms with E-state index < -0.39 is 0 Å². The maximum atomic E-state index is 13.1. The lowest BCUT2D eigenvalue weighted by Crippen LogP contribution is -2.49. The Morgan fingerprint density at radius 2 is 1.85 bits per heavy atom. The number of thioether (sulfide) groups is 1. The Kier molecular flexibility index (Phi) is 5.80. The van der Waals surface area contributed by atoms with Gasteiger partial charge < -0.3 is 19.2 Å². The summed E-state index contributed by atoms with van der Waals surface area (Å²) in [6.07, 6.45) is 0. The molecule has 0 aliphatic carbocycles. The Morgan fingerprint density at radius 3 is 2.61 bits per heavy atom. The van der Waals surface area contributed by atoms with Crippen LogP contribution in [0.25, 0.3) is 22.4 Å². The predicted molar refractivity (Wildman–Crippen MR) is 127 cm³/mol. The first-order valence-electron chi connectivity index (χ1n) is 10.8. The number of H-pyrrole nitrogens is 1. The van der Waals surface area contributed by atoms with E-state index >= 15 is 0 Å². The number of nitrogens with zero attached hydrogens (tertiary/aromatic N) is 4. The molecule has 1 amide bonds. The first-order valence-corrected chi connectivity index (χ1v) is 11.8. The summed E-state index contributed by atoms with van der Waals surface area (Å²) in [5.41, 5.74) is 5.24. The lowest BCUT2D eigenvalue weighted by molar-refractivity contribution is -0.128. The predicted octanol–water partition coefficient (Wildman–Crippen LogP) is 4.41. The van der Waals surface area contributed by atoms with Gasteiger partial charge in [0.1, 0.15) is 5.82 Å². The largest absolute Gasteiger partial charge is 0.411 e. The molecule has 33 heavy (non-hydrogen) atoms. The third kappa shape index (κ3) is 4.45. The summed E-state index contributed by atoms with van der Waals surface area (Å²) in [6.45, 7) is 6.82. The zero-order valence-electron chi connectivity index (χ0n) is 18.5. The lowest BCUT2D eigenvalue weighted by Gasteiger charge is -2.36. The van der Waals surface area contributed by atoms with Crippen molar-refractivity contribution >= 4 is 34.3 Å². The molecule has 3 heterocycles. The molecule has 0 saturated carbocycles. The van der Waals surface area contributed by atoms with Gasteiger partial charge in [-0.3, -0.25) is 4.79 Å². The van der Waals surface area contributed by atoms with Crippen LogP contribution >= 0.6 is 11.8 Å². The molecule has 2 aromatic carbocycles. The Morgan fingerprint density at radius 1 is 1.09 bits per heavy atom. The van der Waals surface area contributed by atoms with E-state index in [9.17, 15) is 9.18 Å². The number of nitrogens with one attached hydrogen (secondary N) is 1. The molecular weight excluding hydrogens is 441 g/mol. The molecule has 1 aliphatic rings. The molecule has 1 aliphatic heterocycles. The van der Waals surface area contributed by atoms with Gasteiger partial charge in [-0.1, -0.05) is 11.8 Å². The fourth-order valence-electron chi connectivity index (χ4n) is 4.06. The number of carbonyl (C=O) groups is 1. The van der Waals surface area contributed by atoms with Gasteiger partial charge in [-0.05, 0) is 61.9 Å². The van der Waals surface area contributed by atoms with Crippen molar-refractivity contribution in [2.45, 2.75) is 19.1 Å². The van der Waals surface area contributed by atoms with Crippen molar-refractivity contribution in [3.8, 4) is 11.5 Å². The minimum Gasteiger partial charge on any atom is -0.411 e. The topological polar surface area (TPSA) is 78.3 Å². The second-order valence-corrected chi connectivity index (χ2v) is 9.07. The van der Waals surface area contributed by atoms with E-state index in [0.29, 0.717) is 37.3 Å². The van der Waals surface area contributed by atoms with Crippen molar-refractivity contribution < 1.29 is 13.6 Å². The van der Waals surface area contributed by atoms with Gasteiger partial charge >= 0.3 is 0 Å². The van der Waals surface area contributed by atoms with Crippen molar-refractivity contribution in [2.24, 2.45) is 0 Å². The third-order valence-corrected chi connectivity index (χ3v) is 6.91. The number of aryl methyl sites for hydroxylation is 2. The highest BCUT2D eigenvalue weighted by Crippen LogP contribution is 2.29. The number of rotatable bonds is 5. The van der Waals surface area contributed by atoms with Crippen LogP contribution in [-0.2, 0) is 4.79 Å². The zero-order chi connectivity index (χ0) is 22.9. The number of aromatic nitrogens is 3. The van der Waals surface area contributed by atoms with E-state index in [-0.39, 0.29) is 17.5 Å². The summed E-state index contributed by atoms with van der Waals surface area (Å²) in [4.78, 5) is 20.0. The zero-order valence-corrected chi connectivity index (χ0v) is 19.3. The van der Waals surface area contributed by atoms with Gasteiger partial charge in [-0.2, -0.15) is 0 Å². The van der Waals surface area contributed by atoms with Gasteiger partial charge in [0.2, 0.25) is 11.8 Å². The van der Waals surface area contributed by atoms with Gasteiger partial charge in [-0.15, -0.1) is 10.2 Å². The number of aromatic amines is 1. The molecule has 1 fully saturated rings. The Balaban J connectivity index is 1.17. The summed E-state index contributed by atoms with van der Waals surface area (Å²) >= 11 is 1.25. The van der Waals surface area contributed by atoms with Crippen molar-refractivity contribution in [3.05, 3.63) is 59.5 Å². The molecule has 0 bridgehead atoms. The molecule has 0 spiro atoms. The van der Waals surface area contributed by atoms with Gasteiger partial charge in [0.05, 0.1) is 5.75 Å². The van der Waals surface area contributed by atoms with Gasteiger partial charge in [-0.25, -0.2) is 4.39 Å². The highest BCUT2D eigenvalue weighted by atomic mass is 32.2. The molecule has 4 aromatic rings. The van der Waals surface area contributed by atoms with E-state index in [1.807, 2.05) is 23.1 Å². The van der Waals surface area contributed by atoms with Crippen molar-refractivity contribution in [1.82, 2.24) is 20.1 Å². The van der Waals surface area contributed by atoms with Crippen molar-refractivity contribution in [3.63, 3.8) is 0 Å². The summed E-state index contributed by atoms with van der Waals surface area (Å²) in [6, 6.07) is 12.5. The number of halogens is 1. The number of anilines is 1. The number of benzene rings is 2. The molecular formula is C24H24FN5O2S. The Bertz CT molecular complexity index is 1290. The maximum Gasteiger partial charge on any atom is 0.277 e. The number of fused-ring (bicyclic) bond motifs is 1. The van der Waals surface area contributed by atoms with Crippen LogP contribution in [0.3, 0.4) is 0 Å². The molecule has 5 rings (SSSR count). The molecule has 0 radical (unpaired) electrons. The number of piperazine rings is 1. The number of hydrogen-bond acceptors (Lipinski definition) is 6. The Labute approximate surface area is 195 Å². The van der Waals surface area contributed by atoms with Gasteiger partial charge in [0, 0.05) is 54.0 Å². The van der Waals surface area contributed by atoms with Crippen LogP contribution in [0.4, 0.5) is 10.1 Å². The average molecular weight is 466 g/mol. The molecule has 2 aromatic heterocycles. The maximum absolute atomic E-state index is 13.1. The minimum atomic E-state index is -0.246. The summed E-state index contributed by atoms with van der Waals surface area (Å²) in [7, 11) is 0. The van der Waals surface area contributed by atoms with E-state index in [1.165, 1.54) is 29.5 Å². The number of amides is 1. The monoisotopic (exact) mass is 465 g/mol. The number of carbonyl (C=O) groups excluding carboxylic acids is 1. The van der Waals surface area contributed by atoms with Gasteiger partial charge in [0.25, 0.3) is 5.22 Å². The molecule has 0 unspecified atom stereocenters. The quantitative estimate of drug-likeness (QED) is 0.440. The molecule has 170 valence electrons. The molecule has 1 saturated heterocycles. The van der Waals surface area contributed by atoms with E-state index in [1.54, 1.807) is 12.1 Å². The summed E-state index contributed by atoms with van der Waals surface area (Å²) < 4.78 is 18.9. The Hall–Kier alpha value is -3.33. The summed E-state index contributed by atoms with van der Waals surface area (Å²) in [5.74, 6) is 0.480. The van der Waals surface area contributed by atoms with Crippen LogP contribution in [-0.4, -0.2) is 57.9 Å². The van der Waals surface area contributed by atoms with E-state index in [2.05, 4.69) is 33.9 Å². The molecule has 7 nitrogen and oxygen atoms in total. The van der Waals surface area contributed by atoms with Crippen molar-refractivity contribution in [1.29, 1.82) is 0 Å². The minimum absolute atomic E-state index is 0.0401. The fourth-order valence-corrected chi connectivity index (χ4v) is 4.73. The van der Waals surface area contributed by atoms with Crippen LogP contribution in [0, 0.1) is 19.7 Å². The van der Waals surface area contributed by atoms with Crippen molar-refractivity contribution in [2.75, 3.05) is 36.8 Å². The fraction of sp³-hybridized carbons (Fsp3) is 0.292. The van der Waals surface area contributed by atoms with Gasteiger partial charge in [0.15, 0.2) is 0 Å². The van der Waals surface area contributed by atoms with Crippen LogP contribution in [0.2, 0.25) is 0 Å². The van der Waals surface area contributed by atoms with Crippen LogP contribution in [0.15, 0.2) is 52.1 Å². The van der Waals surface area contributed by atoms with Crippen LogP contribution in [0.1, 0.15) is 11.3 Å². The van der Waals surface area contributed by atoms with Crippen LogP contribution < -0.4 is 4.90 Å². The van der Waals surface area contributed by atoms with Crippen LogP contribution in [0.5, 0.6) is 0 Å². The smallest absolute Gasteiger partial charge is 0.277 e. The molecule has 0 atom stereocenters. The first-order chi connectivity index (χ1) is 16.0. The number of hydrogen-bond donors (Lipinski definition) is 1. The third-order valence-electron chi connectivity index (χ3n) is 6.10. The summed E-state index contributed by atoms with van der Waals surface area (Å²) in [5, 5.41) is 9.78. The lowest BCUT2D eigenvalue weighted by atomic mass is 10.1. The molecule has 9 heteroatoms. The highest BCUT2D eigenvalue weighted by molar-refractivity contribution is 7.99. The average Bonchev–Trinajstić information content (AvgIpc) is 3.42. The second kappa shape index (κ2) is 8.90. The normalized spacial score (nSPS) is 14.3. The van der Waals surface area contributed by atoms with E-state index in [4.69, 9.17) is 4.42 Å². The highest BCUT2D eigenvalue weighted by Gasteiger charge is 2.22. The first kappa shape index (κ1) is 21.5. The standard InChI is InChI=1S/C24H24FN5O2S/c1-15-16(2)26-21-8-3-17(13-20(15)21)23-27-28-24(32-23)33-14-22(31)30-11-9-29(10-12-30)19-6-4-18(25)5-7-19/h3-8,13,26H,9-12,14H2,1-2H3. The SMILES string of the molecule is Cc1[nH]c2ccc(-c3nnc(SCC(=O)N4CCN(c5ccc(F)cc5)CC4)o3)cc2c1C. The second-order valence-electron chi connectivity index (χ2n) is 8.14. The van der Waals surface area contributed by atoms with E-state index in [0.717, 1.165) is 27.8 Å². The molecule has 1 N–H and O–H groups in total.